The monoisotopic (exact) mass is 664 g/mol. The fourth-order valence-electron chi connectivity index (χ4n) is 5.74. The maximum Gasteiger partial charge on any atom is 0.407 e. The Balaban J connectivity index is 1.31. The minimum Gasteiger partial charge on any atom is -0.488 e. The maximum atomic E-state index is 14.0. The van der Waals surface area contributed by atoms with Gasteiger partial charge in [0.25, 0.3) is 5.91 Å². The van der Waals surface area contributed by atoms with Crippen molar-refractivity contribution in [3.63, 3.8) is 0 Å². The number of nitrogens with zero attached hydrogens (tertiary/aromatic N) is 1. The van der Waals surface area contributed by atoms with Gasteiger partial charge in [0, 0.05) is 12.3 Å². The third-order valence-electron chi connectivity index (χ3n) is 8.07. The Bertz CT molecular complexity index is 1710. The minimum atomic E-state index is -1.10. The first-order valence-corrected chi connectivity index (χ1v) is 16.4. The molecule has 0 unspecified atom stereocenters. The zero-order valence-corrected chi connectivity index (χ0v) is 28.4. The van der Waals surface area contributed by atoms with E-state index in [-0.39, 0.29) is 31.2 Å². The number of amides is 2. The van der Waals surface area contributed by atoms with Crippen LogP contribution < -0.4 is 10.1 Å². The molecule has 4 aromatic rings. The van der Waals surface area contributed by atoms with Crippen molar-refractivity contribution in [2.75, 3.05) is 6.61 Å². The van der Waals surface area contributed by atoms with Gasteiger partial charge in [-0.15, -0.1) is 0 Å². The molecule has 0 saturated heterocycles. The minimum absolute atomic E-state index is 0.0495. The number of hydrogen-bond donors (Lipinski definition) is 1. The predicted molar refractivity (Wildman–Crippen MR) is 189 cm³/mol. The number of thiocarbonyl (C=S) groups is 1. The molecule has 1 N–H and O–H groups in total. The van der Waals surface area contributed by atoms with Gasteiger partial charge < -0.3 is 19.5 Å². The molecule has 0 spiro atoms. The number of hydrogen-bond acceptors (Lipinski definition) is 7. The lowest BCUT2D eigenvalue weighted by molar-refractivity contribution is -0.152. The lowest BCUT2D eigenvalue weighted by Gasteiger charge is -2.28. The van der Waals surface area contributed by atoms with Crippen LogP contribution in [-0.2, 0) is 32.1 Å². The number of alkyl carbamates (subject to hydrolysis) is 1. The van der Waals surface area contributed by atoms with Crippen molar-refractivity contribution in [2.45, 2.75) is 64.3 Å². The summed E-state index contributed by atoms with van der Waals surface area (Å²) in [7, 11) is 0. The summed E-state index contributed by atoms with van der Waals surface area (Å²) in [5, 5.41) is 2.75. The molecule has 248 valence electrons. The fraction of sp³-hybridized carbons (Fsp3) is 0.282. The summed E-state index contributed by atoms with van der Waals surface area (Å²) in [5.74, 6) is -0.673. The first-order valence-electron chi connectivity index (χ1n) is 15.9. The molecule has 0 bridgehead atoms. The average molecular weight is 665 g/mol. The average Bonchev–Trinajstić information content (AvgIpc) is 3.40. The van der Waals surface area contributed by atoms with Crippen molar-refractivity contribution in [3.05, 3.63) is 125 Å². The van der Waals surface area contributed by atoms with Crippen molar-refractivity contribution >= 4 is 35.7 Å². The van der Waals surface area contributed by atoms with Gasteiger partial charge in [-0.25, -0.2) is 9.59 Å². The van der Waals surface area contributed by atoms with Crippen LogP contribution in [0.2, 0.25) is 0 Å². The van der Waals surface area contributed by atoms with E-state index < -0.39 is 30.1 Å². The van der Waals surface area contributed by atoms with E-state index in [0.717, 1.165) is 43.8 Å². The van der Waals surface area contributed by atoms with Gasteiger partial charge in [-0.05, 0) is 73.2 Å². The molecule has 0 radical (unpaired) electrons. The summed E-state index contributed by atoms with van der Waals surface area (Å²) in [6.07, 6.45) is -0.642. The molecular weight excluding hydrogens is 625 g/mol. The first-order chi connectivity index (χ1) is 23.0. The largest absolute Gasteiger partial charge is 0.488 e. The van der Waals surface area contributed by atoms with E-state index in [9.17, 15) is 14.4 Å². The van der Waals surface area contributed by atoms with Crippen LogP contribution in [0.25, 0.3) is 11.1 Å². The van der Waals surface area contributed by atoms with E-state index in [2.05, 4.69) is 17.4 Å². The highest BCUT2D eigenvalue weighted by atomic mass is 32.1. The number of nitrogens with one attached hydrogen (secondary N) is 1. The fourth-order valence-corrected chi connectivity index (χ4v) is 6.03. The molecule has 0 fully saturated rings. The topological polar surface area (TPSA) is 94.2 Å². The zero-order chi connectivity index (χ0) is 34.3. The second-order valence-electron chi connectivity index (χ2n) is 12.7. The van der Waals surface area contributed by atoms with E-state index in [1.54, 1.807) is 0 Å². The van der Waals surface area contributed by atoms with Gasteiger partial charge in [-0.2, -0.15) is 0 Å². The zero-order valence-electron chi connectivity index (χ0n) is 27.6. The Hall–Kier alpha value is -5.02. The highest BCUT2D eigenvalue weighted by molar-refractivity contribution is 7.78. The molecule has 48 heavy (non-hydrogen) atoms. The van der Waals surface area contributed by atoms with Gasteiger partial charge in [0.1, 0.15) is 36.6 Å². The van der Waals surface area contributed by atoms with E-state index in [1.165, 1.54) is 6.92 Å². The molecule has 0 aromatic heterocycles. The molecule has 0 aliphatic heterocycles. The van der Waals surface area contributed by atoms with Crippen LogP contribution in [0.1, 0.15) is 55.9 Å². The molecule has 9 heteroatoms. The summed E-state index contributed by atoms with van der Waals surface area (Å²) in [5.41, 5.74) is 6.68. The normalized spacial score (nSPS) is 13.3. The van der Waals surface area contributed by atoms with Gasteiger partial charge in [-0.3, -0.25) is 9.69 Å². The second-order valence-corrected chi connectivity index (χ2v) is 12.9. The highest BCUT2D eigenvalue weighted by Gasteiger charge is 2.34. The summed E-state index contributed by atoms with van der Waals surface area (Å²) in [6, 6.07) is 30.5. The SMILES string of the molecule is C[C@@H](C(=O)OCc1ccccc1)N(C=S)C(=O)[C@H](Cc1ccc(OC(C)(C)C)cc1)NC(=O)OCC1c2ccccc2-c2ccccc21. The van der Waals surface area contributed by atoms with Crippen LogP contribution in [0.15, 0.2) is 103 Å². The van der Waals surface area contributed by atoms with Crippen LogP contribution in [0, 0.1) is 0 Å². The smallest absolute Gasteiger partial charge is 0.407 e. The summed E-state index contributed by atoms with van der Waals surface area (Å²) in [4.78, 5) is 41.5. The van der Waals surface area contributed by atoms with E-state index in [1.807, 2.05) is 112 Å². The molecule has 1 aliphatic rings. The maximum absolute atomic E-state index is 14.0. The molecule has 5 rings (SSSR count). The number of benzene rings is 4. The third kappa shape index (κ3) is 8.46. The van der Waals surface area contributed by atoms with Crippen LogP contribution in [-0.4, -0.2) is 52.7 Å². The van der Waals surface area contributed by atoms with E-state index in [4.69, 9.17) is 26.4 Å². The van der Waals surface area contributed by atoms with Crippen LogP contribution in [0.4, 0.5) is 4.79 Å². The van der Waals surface area contributed by atoms with Crippen LogP contribution >= 0.6 is 12.2 Å². The van der Waals surface area contributed by atoms with Crippen LogP contribution in [0.3, 0.4) is 0 Å². The molecule has 2 amide bonds. The van der Waals surface area contributed by atoms with Gasteiger partial charge in [-0.1, -0.05) is 103 Å². The quantitative estimate of drug-likeness (QED) is 0.126. The van der Waals surface area contributed by atoms with Crippen molar-refractivity contribution in [2.24, 2.45) is 0 Å². The third-order valence-corrected chi connectivity index (χ3v) is 8.30. The number of rotatable bonds is 12. The van der Waals surface area contributed by atoms with E-state index >= 15 is 0 Å². The van der Waals surface area contributed by atoms with Gasteiger partial charge in [0.15, 0.2) is 0 Å². The lowest BCUT2D eigenvalue weighted by Crippen LogP contribution is -2.53. The van der Waals surface area contributed by atoms with Crippen molar-refractivity contribution < 1.29 is 28.6 Å². The second kappa shape index (κ2) is 15.3. The molecule has 0 saturated carbocycles. The summed E-state index contributed by atoms with van der Waals surface area (Å²) in [6.45, 7) is 7.54. The number of esters is 1. The van der Waals surface area contributed by atoms with Crippen molar-refractivity contribution in [1.82, 2.24) is 10.2 Å². The molecule has 8 nitrogen and oxygen atoms in total. The Morgan fingerprint density at radius 1 is 0.812 bits per heavy atom. The highest BCUT2D eigenvalue weighted by Crippen LogP contribution is 2.44. The summed E-state index contributed by atoms with van der Waals surface area (Å²) < 4.78 is 17.2. The summed E-state index contributed by atoms with van der Waals surface area (Å²) >= 11 is 5.20. The molecule has 0 heterocycles. The first kappa shape index (κ1) is 34.3. The Morgan fingerprint density at radius 3 is 1.98 bits per heavy atom. The van der Waals surface area contributed by atoms with Crippen molar-refractivity contribution in [1.29, 1.82) is 0 Å². The van der Waals surface area contributed by atoms with Gasteiger partial charge in [0.05, 0.1) is 5.49 Å². The number of carbonyl (C=O) groups excluding carboxylic acids is 3. The van der Waals surface area contributed by atoms with Crippen molar-refractivity contribution in [3.8, 4) is 16.9 Å². The van der Waals surface area contributed by atoms with Gasteiger partial charge in [0.2, 0.25) is 0 Å². The predicted octanol–water partition coefficient (Wildman–Crippen LogP) is 7.23. The Kier molecular flexibility index (Phi) is 10.9. The van der Waals surface area contributed by atoms with Crippen LogP contribution in [0.5, 0.6) is 5.75 Å². The Morgan fingerprint density at radius 2 is 1.40 bits per heavy atom. The molecule has 1 aliphatic carbocycles. The molecule has 4 aromatic carbocycles. The number of ether oxygens (including phenoxy) is 3. The number of fused-ring (bicyclic) bond motifs is 3. The number of carbonyl (C=O) groups is 3. The lowest BCUT2D eigenvalue weighted by atomic mass is 9.98. The standard InChI is InChI=1S/C39H40N2O6S/c1-26(37(43)45-23-28-12-6-5-7-13-28)41(25-48)36(42)35(22-27-18-20-29(21-19-27)47-39(2,3)4)40-38(44)46-24-34-32-16-10-8-14-30(32)31-15-9-11-17-33(31)34/h5-21,25-26,34-35H,22-24H2,1-4H3,(H,40,44)/t26-,35-/m0/s1. The van der Waals surface area contributed by atoms with E-state index in [0.29, 0.717) is 5.75 Å². The molecular formula is C39H40N2O6S. The van der Waals surface area contributed by atoms with Gasteiger partial charge >= 0.3 is 12.1 Å². The molecule has 2 atom stereocenters. The Labute approximate surface area is 287 Å².